The molecule has 2 heterocycles. The molecule has 3 fully saturated rings. The Hall–Kier alpha value is -0.120. The summed E-state index contributed by atoms with van der Waals surface area (Å²) in [6.45, 7) is 7.41. The zero-order valence-corrected chi connectivity index (χ0v) is 12.8. The number of hydrogen-bond acceptors (Lipinski definition) is 3. The molecule has 110 valence electrons. The second-order valence-electron chi connectivity index (χ2n) is 6.96. The minimum atomic E-state index is 0.793. The molecule has 3 aliphatic rings. The SMILES string of the molecule is CCNC1CCC(N2CCC3C(CCCN3C)C2)C1. The van der Waals surface area contributed by atoms with Gasteiger partial charge in [-0.1, -0.05) is 6.92 Å². The molecule has 0 radical (unpaired) electrons. The van der Waals surface area contributed by atoms with Crippen LogP contribution in [0.3, 0.4) is 0 Å². The number of nitrogens with zero attached hydrogens (tertiary/aromatic N) is 2. The van der Waals surface area contributed by atoms with Crippen molar-refractivity contribution in [3.05, 3.63) is 0 Å². The molecule has 0 amide bonds. The molecular weight excluding hydrogens is 234 g/mol. The molecule has 19 heavy (non-hydrogen) atoms. The highest BCUT2D eigenvalue weighted by Crippen LogP contribution is 2.33. The molecule has 2 aliphatic heterocycles. The van der Waals surface area contributed by atoms with E-state index in [0.29, 0.717) is 0 Å². The van der Waals surface area contributed by atoms with Crippen molar-refractivity contribution >= 4 is 0 Å². The van der Waals surface area contributed by atoms with Crippen LogP contribution in [-0.2, 0) is 0 Å². The lowest BCUT2D eigenvalue weighted by molar-refractivity contribution is 0.0208. The lowest BCUT2D eigenvalue weighted by Gasteiger charge is -2.47. The third-order valence-corrected chi connectivity index (χ3v) is 5.79. The van der Waals surface area contributed by atoms with Crippen LogP contribution in [-0.4, -0.2) is 61.2 Å². The van der Waals surface area contributed by atoms with Gasteiger partial charge in [0, 0.05) is 24.7 Å². The Morgan fingerprint density at radius 1 is 1.11 bits per heavy atom. The predicted molar refractivity (Wildman–Crippen MR) is 80.4 cm³/mol. The quantitative estimate of drug-likeness (QED) is 0.841. The second-order valence-corrected chi connectivity index (χ2v) is 6.96. The number of fused-ring (bicyclic) bond motifs is 1. The van der Waals surface area contributed by atoms with Gasteiger partial charge in [0.15, 0.2) is 0 Å². The maximum atomic E-state index is 3.64. The number of nitrogens with one attached hydrogen (secondary N) is 1. The van der Waals surface area contributed by atoms with Gasteiger partial charge in [-0.2, -0.15) is 0 Å². The van der Waals surface area contributed by atoms with Crippen LogP contribution in [0.4, 0.5) is 0 Å². The highest BCUT2D eigenvalue weighted by molar-refractivity contribution is 4.94. The minimum absolute atomic E-state index is 0.793. The fourth-order valence-corrected chi connectivity index (χ4v) is 4.78. The monoisotopic (exact) mass is 265 g/mol. The molecule has 0 aromatic heterocycles. The summed E-state index contributed by atoms with van der Waals surface area (Å²) in [7, 11) is 2.34. The van der Waals surface area contributed by atoms with Crippen LogP contribution >= 0.6 is 0 Å². The van der Waals surface area contributed by atoms with Crippen molar-refractivity contribution in [2.24, 2.45) is 5.92 Å². The van der Waals surface area contributed by atoms with Crippen LogP contribution in [0.5, 0.6) is 0 Å². The maximum absolute atomic E-state index is 3.64. The molecule has 3 rings (SSSR count). The van der Waals surface area contributed by atoms with Crippen LogP contribution in [0, 0.1) is 5.92 Å². The average Bonchev–Trinajstić information content (AvgIpc) is 2.88. The van der Waals surface area contributed by atoms with E-state index < -0.39 is 0 Å². The number of rotatable bonds is 3. The van der Waals surface area contributed by atoms with E-state index in [-0.39, 0.29) is 0 Å². The highest BCUT2D eigenvalue weighted by atomic mass is 15.2. The van der Waals surface area contributed by atoms with Crippen LogP contribution < -0.4 is 5.32 Å². The summed E-state index contributed by atoms with van der Waals surface area (Å²) < 4.78 is 0. The summed E-state index contributed by atoms with van der Waals surface area (Å²) in [6.07, 6.45) is 8.49. The molecule has 0 bridgehead atoms. The third kappa shape index (κ3) is 2.98. The van der Waals surface area contributed by atoms with Gasteiger partial charge in [-0.15, -0.1) is 0 Å². The molecule has 4 unspecified atom stereocenters. The minimum Gasteiger partial charge on any atom is -0.314 e. The Morgan fingerprint density at radius 2 is 2.00 bits per heavy atom. The van der Waals surface area contributed by atoms with Gasteiger partial charge in [0.2, 0.25) is 0 Å². The number of piperidine rings is 2. The van der Waals surface area contributed by atoms with E-state index in [4.69, 9.17) is 0 Å². The number of hydrogen-bond donors (Lipinski definition) is 1. The zero-order chi connectivity index (χ0) is 13.2. The van der Waals surface area contributed by atoms with E-state index in [1.807, 2.05) is 0 Å². The van der Waals surface area contributed by atoms with Crippen LogP contribution in [0.15, 0.2) is 0 Å². The van der Waals surface area contributed by atoms with Crippen molar-refractivity contribution in [1.82, 2.24) is 15.1 Å². The topological polar surface area (TPSA) is 18.5 Å². The van der Waals surface area contributed by atoms with Crippen LogP contribution in [0.1, 0.15) is 45.4 Å². The lowest BCUT2D eigenvalue weighted by Crippen LogP contribution is -2.54. The van der Waals surface area contributed by atoms with Crippen LogP contribution in [0.25, 0.3) is 0 Å². The Morgan fingerprint density at radius 3 is 2.84 bits per heavy atom. The van der Waals surface area contributed by atoms with Crippen LogP contribution in [0.2, 0.25) is 0 Å². The van der Waals surface area contributed by atoms with Crippen molar-refractivity contribution in [1.29, 1.82) is 0 Å². The normalized spacial score (nSPS) is 41.4. The smallest absolute Gasteiger partial charge is 0.0145 e. The Labute approximate surface area is 118 Å². The first-order valence-corrected chi connectivity index (χ1v) is 8.45. The molecule has 3 nitrogen and oxygen atoms in total. The van der Waals surface area contributed by atoms with Gasteiger partial charge in [0.05, 0.1) is 0 Å². The van der Waals surface area contributed by atoms with E-state index in [1.165, 1.54) is 58.2 Å². The molecule has 1 aliphatic carbocycles. The lowest BCUT2D eigenvalue weighted by atomic mass is 9.83. The van der Waals surface area contributed by atoms with E-state index in [1.54, 1.807) is 0 Å². The van der Waals surface area contributed by atoms with E-state index in [2.05, 4.69) is 29.1 Å². The standard InChI is InChI=1S/C16H31N3/c1-3-17-14-6-7-15(11-14)19-10-8-16-13(12-19)5-4-9-18(16)2/h13-17H,3-12H2,1-2H3. The molecule has 0 spiro atoms. The van der Waals surface area contributed by atoms with Gasteiger partial charge < -0.3 is 10.2 Å². The Bertz CT molecular complexity index is 294. The fourth-order valence-electron chi connectivity index (χ4n) is 4.78. The summed E-state index contributed by atoms with van der Waals surface area (Å²) >= 11 is 0. The maximum Gasteiger partial charge on any atom is 0.0145 e. The van der Waals surface area contributed by atoms with E-state index in [9.17, 15) is 0 Å². The van der Waals surface area contributed by atoms with E-state index >= 15 is 0 Å². The van der Waals surface area contributed by atoms with Gasteiger partial charge in [-0.05, 0) is 71.1 Å². The highest BCUT2D eigenvalue weighted by Gasteiger charge is 2.38. The summed E-state index contributed by atoms with van der Waals surface area (Å²) in [4.78, 5) is 5.46. The summed E-state index contributed by atoms with van der Waals surface area (Å²) in [6, 6.07) is 2.55. The molecule has 1 saturated carbocycles. The van der Waals surface area contributed by atoms with E-state index in [0.717, 1.165) is 30.6 Å². The molecule has 2 saturated heterocycles. The first-order valence-electron chi connectivity index (χ1n) is 8.45. The molecule has 0 aromatic rings. The first-order chi connectivity index (χ1) is 9.28. The third-order valence-electron chi connectivity index (χ3n) is 5.79. The van der Waals surface area contributed by atoms with Crippen molar-refractivity contribution in [3.63, 3.8) is 0 Å². The average molecular weight is 265 g/mol. The second kappa shape index (κ2) is 6.11. The fraction of sp³-hybridized carbons (Fsp3) is 1.00. The molecule has 0 aromatic carbocycles. The van der Waals surface area contributed by atoms with Gasteiger partial charge in [-0.3, -0.25) is 4.90 Å². The number of likely N-dealkylation sites (tertiary alicyclic amines) is 2. The molecule has 1 N–H and O–H groups in total. The van der Waals surface area contributed by atoms with Crippen molar-refractivity contribution in [2.45, 2.75) is 63.6 Å². The Balaban J connectivity index is 1.54. The molecular formula is C16H31N3. The Kier molecular flexibility index (Phi) is 4.45. The van der Waals surface area contributed by atoms with Crippen molar-refractivity contribution in [3.8, 4) is 0 Å². The molecule has 3 heteroatoms. The summed E-state index contributed by atoms with van der Waals surface area (Å²) in [5.74, 6) is 0.950. The molecule has 4 atom stereocenters. The summed E-state index contributed by atoms with van der Waals surface area (Å²) in [5, 5.41) is 3.64. The summed E-state index contributed by atoms with van der Waals surface area (Å²) in [5.41, 5.74) is 0. The van der Waals surface area contributed by atoms with Gasteiger partial charge >= 0.3 is 0 Å². The largest absolute Gasteiger partial charge is 0.314 e. The zero-order valence-electron chi connectivity index (χ0n) is 12.8. The van der Waals surface area contributed by atoms with Gasteiger partial charge in [0.25, 0.3) is 0 Å². The first kappa shape index (κ1) is 13.8. The van der Waals surface area contributed by atoms with Gasteiger partial charge in [-0.25, -0.2) is 0 Å². The predicted octanol–water partition coefficient (Wildman–Crippen LogP) is 1.93. The van der Waals surface area contributed by atoms with Crippen molar-refractivity contribution < 1.29 is 0 Å². The van der Waals surface area contributed by atoms with Gasteiger partial charge in [0.1, 0.15) is 0 Å². The van der Waals surface area contributed by atoms with Crippen molar-refractivity contribution in [2.75, 3.05) is 33.2 Å².